The number of carbonyl (C=O) groups is 3. The summed E-state index contributed by atoms with van der Waals surface area (Å²) in [6, 6.07) is 5.72. The van der Waals surface area contributed by atoms with Crippen LogP contribution in [0, 0.1) is 12.7 Å². The van der Waals surface area contributed by atoms with Crippen LogP contribution in [0.15, 0.2) is 30.3 Å². The minimum atomic E-state index is -4.54. The Morgan fingerprint density at radius 1 is 1.23 bits per heavy atom. The van der Waals surface area contributed by atoms with E-state index in [1.807, 2.05) is 5.32 Å². The lowest BCUT2D eigenvalue weighted by Crippen LogP contribution is -2.47. The van der Waals surface area contributed by atoms with Crippen molar-refractivity contribution in [2.75, 3.05) is 18.4 Å². The molecule has 1 atom stereocenters. The predicted octanol–water partition coefficient (Wildman–Crippen LogP) is 3.73. The number of thiophene rings is 1. The summed E-state index contributed by atoms with van der Waals surface area (Å²) >= 11 is 0.984. The molecule has 1 aromatic carbocycles. The zero-order chi connectivity index (χ0) is 22.8. The monoisotopic (exact) mass is 457 g/mol. The van der Waals surface area contributed by atoms with Gasteiger partial charge >= 0.3 is 6.18 Å². The fraction of sp³-hybridized carbons (Fsp3) is 0.350. The Labute approximate surface area is 179 Å². The molecule has 2 aromatic rings. The van der Waals surface area contributed by atoms with E-state index in [2.05, 4.69) is 5.32 Å². The molecule has 1 fully saturated rings. The van der Waals surface area contributed by atoms with E-state index < -0.39 is 42.3 Å². The smallest absolute Gasteiger partial charge is 0.345 e. The third-order valence-electron chi connectivity index (χ3n) is 4.71. The Morgan fingerprint density at radius 2 is 1.97 bits per heavy atom. The molecule has 0 bridgehead atoms. The summed E-state index contributed by atoms with van der Waals surface area (Å²) in [6.07, 6.45) is -3.78. The highest BCUT2D eigenvalue weighted by Crippen LogP contribution is 2.31. The fourth-order valence-corrected chi connectivity index (χ4v) is 4.31. The number of anilines is 1. The van der Waals surface area contributed by atoms with Crippen LogP contribution in [0.2, 0.25) is 0 Å². The minimum absolute atomic E-state index is 0.111. The zero-order valence-corrected chi connectivity index (χ0v) is 17.2. The van der Waals surface area contributed by atoms with Gasteiger partial charge in [0, 0.05) is 12.1 Å². The van der Waals surface area contributed by atoms with E-state index in [1.54, 1.807) is 13.0 Å². The summed E-state index contributed by atoms with van der Waals surface area (Å²) in [6.45, 7) is 0.431. The number of aryl methyl sites for hydroxylation is 1. The molecule has 166 valence electrons. The number of hydrogen-bond donors (Lipinski definition) is 2. The lowest BCUT2D eigenvalue weighted by atomic mass is 10.2. The van der Waals surface area contributed by atoms with Crippen LogP contribution >= 0.6 is 11.3 Å². The topological polar surface area (TPSA) is 78.5 Å². The third kappa shape index (κ3) is 5.60. The van der Waals surface area contributed by atoms with E-state index in [-0.39, 0.29) is 23.4 Å². The van der Waals surface area contributed by atoms with Gasteiger partial charge in [-0.15, -0.1) is 11.3 Å². The highest BCUT2D eigenvalue weighted by Gasteiger charge is 2.37. The number of likely N-dealkylation sites (tertiary alicyclic amines) is 1. The average molecular weight is 457 g/mol. The van der Waals surface area contributed by atoms with Crippen LogP contribution in [0.1, 0.15) is 38.4 Å². The van der Waals surface area contributed by atoms with Crippen molar-refractivity contribution < 1.29 is 31.9 Å². The number of nitrogens with one attached hydrogen (secondary N) is 2. The molecule has 1 saturated heterocycles. The van der Waals surface area contributed by atoms with Crippen LogP contribution in [-0.4, -0.2) is 47.9 Å². The molecular formula is C20H19F4N3O3S. The van der Waals surface area contributed by atoms with Crippen LogP contribution in [0.5, 0.6) is 0 Å². The molecule has 0 aliphatic carbocycles. The van der Waals surface area contributed by atoms with Crippen LogP contribution in [-0.2, 0) is 4.79 Å². The molecule has 0 spiro atoms. The van der Waals surface area contributed by atoms with Crippen molar-refractivity contribution in [2.45, 2.75) is 32.0 Å². The van der Waals surface area contributed by atoms with E-state index in [4.69, 9.17) is 0 Å². The molecule has 1 unspecified atom stereocenters. The van der Waals surface area contributed by atoms with Crippen molar-refractivity contribution in [2.24, 2.45) is 0 Å². The highest BCUT2D eigenvalue weighted by molar-refractivity contribution is 7.18. The summed E-state index contributed by atoms with van der Waals surface area (Å²) in [5, 5.41) is 4.78. The summed E-state index contributed by atoms with van der Waals surface area (Å²) in [5.41, 5.74) is 0.658. The average Bonchev–Trinajstić information content (AvgIpc) is 3.32. The normalized spacial score (nSPS) is 16.3. The number of rotatable bonds is 5. The Bertz CT molecular complexity index is 1010. The number of nitrogens with zero attached hydrogens (tertiary/aromatic N) is 1. The number of amides is 3. The third-order valence-corrected chi connectivity index (χ3v) is 5.86. The molecule has 3 amide bonds. The molecule has 1 aromatic heterocycles. The summed E-state index contributed by atoms with van der Waals surface area (Å²) in [4.78, 5) is 39.0. The Morgan fingerprint density at radius 3 is 2.65 bits per heavy atom. The molecule has 1 aliphatic rings. The van der Waals surface area contributed by atoms with Gasteiger partial charge in [-0.3, -0.25) is 14.4 Å². The zero-order valence-electron chi connectivity index (χ0n) is 16.4. The van der Waals surface area contributed by atoms with E-state index in [0.29, 0.717) is 17.0 Å². The number of carbonyl (C=O) groups excluding carboxylic acids is 3. The second kappa shape index (κ2) is 9.04. The van der Waals surface area contributed by atoms with Gasteiger partial charge < -0.3 is 15.5 Å². The first-order valence-electron chi connectivity index (χ1n) is 9.38. The van der Waals surface area contributed by atoms with Crippen molar-refractivity contribution in [3.63, 3.8) is 0 Å². The standard InChI is InChI=1S/C20H19F4N3O3S/c1-11-8-15(26-17(28)12-4-2-5-13(21)9-12)31-16(11)19(30)27-7-3-6-14(27)18(29)25-10-20(22,23)24/h2,4-5,8-9,14H,3,6-7,10H2,1H3,(H,25,29)(H,26,28). The summed E-state index contributed by atoms with van der Waals surface area (Å²) in [5.74, 6) is -2.45. The van der Waals surface area contributed by atoms with Crippen molar-refractivity contribution in [1.29, 1.82) is 0 Å². The Kier molecular flexibility index (Phi) is 6.63. The van der Waals surface area contributed by atoms with Crippen LogP contribution in [0.25, 0.3) is 0 Å². The first kappa shape index (κ1) is 22.7. The first-order chi connectivity index (χ1) is 14.5. The molecule has 2 heterocycles. The Hall–Kier alpha value is -2.95. The van der Waals surface area contributed by atoms with Gasteiger partial charge in [-0.25, -0.2) is 4.39 Å². The molecule has 1 aliphatic heterocycles. The predicted molar refractivity (Wildman–Crippen MR) is 107 cm³/mol. The van der Waals surface area contributed by atoms with Gasteiger partial charge in [0.1, 0.15) is 18.4 Å². The molecule has 0 radical (unpaired) electrons. The van der Waals surface area contributed by atoms with Gasteiger partial charge in [0.2, 0.25) is 5.91 Å². The molecule has 0 saturated carbocycles. The number of hydrogen-bond acceptors (Lipinski definition) is 4. The molecule has 31 heavy (non-hydrogen) atoms. The molecule has 6 nitrogen and oxygen atoms in total. The summed E-state index contributed by atoms with van der Waals surface area (Å²) in [7, 11) is 0. The lowest BCUT2D eigenvalue weighted by molar-refractivity contribution is -0.140. The van der Waals surface area contributed by atoms with Gasteiger partial charge in [0.05, 0.1) is 9.88 Å². The maximum absolute atomic E-state index is 13.3. The van der Waals surface area contributed by atoms with Crippen LogP contribution in [0.3, 0.4) is 0 Å². The SMILES string of the molecule is Cc1cc(NC(=O)c2cccc(F)c2)sc1C(=O)N1CCCC1C(=O)NCC(F)(F)F. The molecular weight excluding hydrogens is 438 g/mol. The van der Waals surface area contributed by atoms with E-state index in [9.17, 15) is 31.9 Å². The van der Waals surface area contributed by atoms with Crippen LogP contribution < -0.4 is 10.6 Å². The van der Waals surface area contributed by atoms with E-state index >= 15 is 0 Å². The second-order valence-electron chi connectivity index (χ2n) is 7.08. The van der Waals surface area contributed by atoms with Crippen molar-refractivity contribution in [3.05, 3.63) is 52.2 Å². The fourth-order valence-electron chi connectivity index (χ4n) is 3.29. The molecule has 2 N–H and O–H groups in total. The molecule has 3 rings (SSSR count). The maximum Gasteiger partial charge on any atom is 0.405 e. The number of halogens is 4. The van der Waals surface area contributed by atoms with Gasteiger partial charge in [-0.2, -0.15) is 13.2 Å². The van der Waals surface area contributed by atoms with Gasteiger partial charge in [0.25, 0.3) is 11.8 Å². The maximum atomic E-state index is 13.3. The van der Waals surface area contributed by atoms with Crippen LogP contribution in [0.4, 0.5) is 22.6 Å². The first-order valence-corrected chi connectivity index (χ1v) is 10.2. The summed E-state index contributed by atoms with van der Waals surface area (Å²) < 4.78 is 50.5. The van der Waals surface area contributed by atoms with Crippen molar-refractivity contribution in [1.82, 2.24) is 10.2 Å². The van der Waals surface area contributed by atoms with E-state index in [1.165, 1.54) is 23.1 Å². The van der Waals surface area contributed by atoms with Gasteiger partial charge in [-0.1, -0.05) is 6.07 Å². The van der Waals surface area contributed by atoms with Crippen molar-refractivity contribution >= 4 is 34.1 Å². The van der Waals surface area contributed by atoms with Gasteiger partial charge in [-0.05, 0) is 49.6 Å². The van der Waals surface area contributed by atoms with Gasteiger partial charge in [0.15, 0.2) is 0 Å². The van der Waals surface area contributed by atoms with Crippen molar-refractivity contribution in [3.8, 4) is 0 Å². The Balaban J connectivity index is 1.71. The molecule has 11 heteroatoms. The number of benzene rings is 1. The van der Waals surface area contributed by atoms with E-state index in [0.717, 1.165) is 17.4 Å². The lowest BCUT2D eigenvalue weighted by Gasteiger charge is -2.24. The second-order valence-corrected chi connectivity index (χ2v) is 8.13. The minimum Gasteiger partial charge on any atom is -0.345 e. The quantitative estimate of drug-likeness (QED) is 0.672. The number of alkyl halides is 3. The highest BCUT2D eigenvalue weighted by atomic mass is 32.1. The largest absolute Gasteiger partial charge is 0.405 e.